The molecule has 1 unspecified atom stereocenters. The molecule has 0 aromatic rings. The molecule has 0 fully saturated rings. The lowest BCUT2D eigenvalue weighted by atomic mass is 9.89. The molecule has 0 aliphatic heterocycles. The van der Waals surface area contributed by atoms with Crippen LogP contribution >= 0.6 is 0 Å². The van der Waals surface area contributed by atoms with Crippen LogP contribution in [0.5, 0.6) is 0 Å². The highest BCUT2D eigenvalue weighted by atomic mass is 16.7. The minimum atomic E-state index is -1.25. The van der Waals surface area contributed by atoms with Gasteiger partial charge in [0, 0.05) is 25.6 Å². The summed E-state index contributed by atoms with van der Waals surface area (Å²) in [5.74, 6) is -3.50. The summed E-state index contributed by atoms with van der Waals surface area (Å²) in [4.78, 5) is 24.3. The van der Waals surface area contributed by atoms with Crippen LogP contribution in [0, 0.1) is 23.2 Å². The fraction of sp³-hybridized carbons (Fsp3) is 0.800. The largest absolute Gasteiger partial charge is 0.465 e. The average molecular weight is 315 g/mol. The van der Waals surface area contributed by atoms with Gasteiger partial charge >= 0.3 is 11.9 Å². The molecule has 0 heterocycles. The van der Waals surface area contributed by atoms with Crippen molar-refractivity contribution in [3.05, 3.63) is 0 Å². The molecule has 126 valence electrons. The van der Waals surface area contributed by atoms with Crippen molar-refractivity contribution in [3.63, 3.8) is 0 Å². The van der Waals surface area contributed by atoms with E-state index in [0.717, 1.165) is 0 Å². The van der Waals surface area contributed by atoms with Crippen LogP contribution in [-0.2, 0) is 28.5 Å². The standard InChI is InChI=1S/C15H25NO6/c1-5-19-13(17)12(14(18)20-6-2)11(9-10-16)15(21-7-3)22-8-4/h11-12,15H,5-9H2,1-4H3. The minimum absolute atomic E-state index is 0.0903. The zero-order valence-corrected chi connectivity index (χ0v) is 13.7. The molecule has 0 spiro atoms. The Bertz CT molecular complexity index is 355. The quantitative estimate of drug-likeness (QED) is 0.325. The molecule has 0 radical (unpaired) electrons. The van der Waals surface area contributed by atoms with Crippen molar-refractivity contribution in [3.8, 4) is 6.07 Å². The Morgan fingerprint density at radius 1 is 0.909 bits per heavy atom. The summed E-state index contributed by atoms with van der Waals surface area (Å²) in [5.41, 5.74) is 0. The van der Waals surface area contributed by atoms with Crippen LogP contribution in [0.1, 0.15) is 34.1 Å². The number of hydrogen-bond donors (Lipinski definition) is 0. The van der Waals surface area contributed by atoms with Gasteiger partial charge in [-0.25, -0.2) is 0 Å². The molecule has 0 aromatic carbocycles. The second-order valence-corrected chi connectivity index (χ2v) is 4.29. The highest BCUT2D eigenvalue weighted by Crippen LogP contribution is 2.26. The minimum Gasteiger partial charge on any atom is -0.465 e. The van der Waals surface area contributed by atoms with Gasteiger partial charge in [0.15, 0.2) is 12.2 Å². The maximum absolute atomic E-state index is 12.1. The Morgan fingerprint density at radius 2 is 1.36 bits per heavy atom. The van der Waals surface area contributed by atoms with Crippen LogP contribution in [-0.4, -0.2) is 44.7 Å². The number of hydrogen-bond acceptors (Lipinski definition) is 7. The molecule has 0 rings (SSSR count). The second kappa shape index (κ2) is 12.0. The van der Waals surface area contributed by atoms with Gasteiger partial charge in [0.05, 0.1) is 19.3 Å². The van der Waals surface area contributed by atoms with E-state index in [-0.39, 0.29) is 19.6 Å². The van der Waals surface area contributed by atoms with Crippen molar-refractivity contribution in [2.24, 2.45) is 11.8 Å². The van der Waals surface area contributed by atoms with Crippen molar-refractivity contribution in [1.82, 2.24) is 0 Å². The van der Waals surface area contributed by atoms with Crippen LogP contribution in [0.2, 0.25) is 0 Å². The zero-order chi connectivity index (χ0) is 17.0. The topological polar surface area (TPSA) is 94.9 Å². The van der Waals surface area contributed by atoms with E-state index < -0.39 is 30.1 Å². The van der Waals surface area contributed by atoms with Crippen molar-refractivity contribution in [2.45, 2.75) is 40.4 Å². The first kappa shape index (κ1) is 20.3. The maximum Gasteiger partial charge on any atom is 0.320 e. The van der Waals surface area contributed by atoms with Crippen molar-refractivity contribution < 1.29 is 28.5 Å². The molecular formula is C15H25NO6. The number of nitrogens with zero attached hydrogens (tertiary/aromatic N) is 1. The normalized spacial score (nSPS) is 12.0. The Labute approximate surface area is 131 Å². The van der Waals surface area contributed by atoms with Gasteiger partial charge in [-0.3, -0.25) is 9.59 Å². The number of esters is 2. The van der Waals surface area contributed by atoms with Crippen molar-refractivity contribution in [1.29, 1.82) is 5.26 Å². The third-order valence-corrected chi connectivity index (χ3v) is 2.85. The van der Waals surface area contributed by atoms with Gasteiger partial charge in [-0.05, 0) is 27.7 Å². The molecular weight excluding hydrogens is 290 g/mol. The molecule has 0 amide bonds. The van der Waals surface area contributed by atoms with E-state index in [1.807, 2.05) is 6.07 Å². The highest BCUT2D eigenvalue weighted by molar-refractivity contribution is 5.95. The summed E-state index contributed by atoms with van der Waals surface area (Å²) in [7, 11) is 0. The van der Waals surface area contributed by atoms with Gasteiger partial charge in [0.25, 0.3) is 0 Å². The van der Waals surface area contributed by atoms with E-state index in [4.69, 9.17) is 24.2 Å². The smallest absolute Gasteiger partial charge is 0.320 e. The number of ether oxygens (including phenoxy) is 4. The molecule has 0 aliphatic rings. The Morgan fingerprint density at radius 3 is 1.68 bits per heavy atom. The lowest BCUT2D eigenvalue weighted by Gasteiger charge is -2.29. The first-order chi connectivity index (χ1) is 10.6. The van der Waals surface area contributed by atoms with E-state index in [1.54, 1.807) is 27.7 Å². The third-order valence-electron chi connectivity index (χ3n) is 2.85. The average Bonchev–Trinajstić information content (AvgIpc) is 2.47. The zero-order valence-electron chi connectivity index (χ0n) is 13.7. The molecule has 0 saturated carbocycles. The van der Waals surface area contributed by atoms with Crippen LogP contribution in [0.3, 0.4) is 0 Å². The molecule has 0 N–H and O–H groups in total. The van der Waals surface area contributed by atoms with E-state index in [0.29, 0.717) is 13.2 Å². The summed E-state index contributed by atoms with van der Waals surface area (Å²) in [5, 5.41) is 9.03. The van der Waals surface area contributed by atoms with Gasteiger partial charge in [-0.15, -0.1) is 0 Å². The highest BCUT2D eigenvalue weighted by Gasteiger charge is 2.42. The first-order valence-corrected chi connectivity index (χ1v) is 7.50. The fourth-order valence-electron chi connectivity index (χ4n) is 2.01. The molecule has 0 saturated heterocycles. The maximum atomic E-state index is 12.1. The molecule has 7 nitrogen and oxygen atoms in total. The second-order valence-electron chi connectivity index (χ2n) is 4.29. The van der Waals surface area contributed by atoms with Gasteiger partial charge in [-0.1, -0.05) is 0 Å². The molecule has 0 aromatic heterocycles. The number of rotatable bonds is 11. The fourth-order valence-corrected chi connectivity index (χ4v) is 2.01. The lowest BCUT2D eigenvalue weighted by molar-refractivity contribution is -0.195. The Kier molecular flexibility index (Phi) is 11.1. The van der Waals surface area contributed by atoms with Crippen LogP contribution < -0.4 is 0 Å². The summed E-state index contributed by atoms with van der Waals surface area (Å²) in [6.45, 7) is 7.71. The van der Waals surface area contributed by atoms with Gasteiger partial charge < -0.3 is 18.9 Å². The first-order valence-electron chi connectivity index (χ1n) is 7.50. The van der Waals surface area contributed by atoms with E-state index in [9.17, 15) is 9.59 Å². The summed E-state index contributed by atoms with van der Waals surface area (Å²) in [6, 6.07) is 1.96. The predicted molar refractivity (Wildman–Crippen MR) is 77.5 cm³/mol. The van der Waals surface area contributed by atoms with Gasteiger partial charge in [0.2, 0.25) is 0 Å². The molecule has 1 atom stereocenters. The molecule has 0 aliphatic carbocycles. The third kappa shape index (κ3) is 6.41. The van der Waals surface area contributed by atoms with Crippen LogP contribution in [0.15, 0.2) is 0 Å². The summed E-state index contributed by atoms with van der Waals surface area (Å²) >= 11 is 0. The molecule has 0 bridgehead atoms. The van der Waals surface area contributed by atoms with E-state index >= 15 is 0 Å². The Hall–Kier alpha value is -1.65. The Balaban J connectivity index is 5.47. The summed E-state index contributed by atoms with van der Waals surface area (Å²) < 4.78 is 20.8. The molecule has 22 heavy (non-hydrogen) atoms. The van der Waals surface area contributed by atoms with Gasteiger partial charge in [-0.2, -0.15) is 5.26 Å². The van der Waals surface area contributed by atoms with Crippen LogP contribution in [0.4, 0.5) is 0 Å². The molecule has 7 heteroatoms. The monoisotopic (exact) mass is 315 g/mol. The SMILES string of the molecule is CCOC(=O)C(C(=O)OCC)C(CC#N)C(OCC)OCC. The van der Waals surface area contributed by atoms with E-state index in [1.165, 1.54) is 0 Å². The van der Waals surface area contributed by atoms with E-state index in [2.05, 4.69) is 0 Å². The predicted octanol–water partition coefficient (Wildman–Crippen LogP) is 1.66. The van der Waals surface area contributed by atoms with Gasteiger partial charge in [0.1, 0.15) is 0 Å². The summed E-state index contributed by atoms with van der Waals surface area (Å²) in [6.07, 6.45) is -0.944. The lowest BCUT2D eigenvalue weighted by Crippen LogP contribution is -2.42. The van der Waals surface area contributed by atoms with Crippen LogP contribution in [0.25, 0.3) is 0 Å². The number of carbonyl (C=O) groups is 2. The number of carbonyl (C=O) groups excluding carboxylic acids is 2. The number of nitriles is 1. The van der Waals surface area contributed by atoms with Crippen molar-refractivity contribution in [2.75, 3.05) is 26.4 Å². The van der Waals surface area contributed by atoms with Crippen molar-refractivity contribution >= 4 is 11.9 Å².